The second kappa shape index (κ2) is 8.02. The predicted octanol–water partition coefficient (Wildman–Crippen LogP) is 2.99. The Morgan fingerprint density at radius 3 is 2.46 bits per heavy atom. The monoisotopic (exact) mass is 328 g/mol. The van der Waals surface area contributed by atoms with Gasteiger partial charge < -0.3 is 10.6 Å². The van der Waals surface area contributed by atoms with Crippen molar-refractivity contribution < 1.29 is 0 Å². The van der Waals surface area contributed by atoms with Crippen LogP contribution < -0.4 is 10.6 Å². The Hall–Kier alpha value is -1.55. The first-order valence-electron chi connectivity index (χ1n) is 9.42. The molecule has 1 aromatic carbocycles. The highest BCUT2D eigenvalue weighted by Crippen LogP contribution is 2.28. The van der Waals surface area contributed by atoms with E-state index in [1.54, 1.807) is 0 Å². The molecule has 1 aromatic rings. The Morgan fingerprint density at radius 1 is 1.17 bits per heavy atom. The van der Waals surface area contributed by atoms with Crippen molar-refractivity contribution in [3.63, 3.8) is 0 Å². The van der Waals surface area contributed by atoms with Crippen LogP contribution in [0.1, 0.15) is 44.2 Å². The number of hydrogen-bond acceptors (Lipinski definition) is 2. The summed E-state index contributed by atoms with van der Waals surface area (Å²) in [6, 6.07) is 9.40. The molecule has 0 spiro atoms. The van der Waals surface area contributed by atoms with Gasteiger partial charge in [0.25, 0.3) is 0 Å². The second-order valence-electron chi connectivity index (χ2n) is 7.62. The maximum Gasteiger partial charge on any atom is 0.191 e. The minimum Gasteiger partial charge on any atom is -0.353 e. The molecule has 1 aliphatic carbocycles. The van der Waals surface area contributed by atoms with Crippen molar-refractivity contribution in [2.45, 2.75) is 52.2 Å². The topological polar surface area (TPSA) is 39.7 Å². The number of nitrogens with zero attached hydrogens (tertiary/aromatic N) is 2. The number of guanidine groups is 1. The minimum atomic E-state index is 0.599. The summed E-state index contributed by atoms with van der Waals surface area (Å²) in [6.07, 6.45) is 3.91. The number of benzene rings is 1. The molecule has 0 amide bonds. The molecule has 2 aliphatic rings. The van der Waals surface area contributed by atoms with Gasteiger partial charge in [-0.15, -0.1) is 0 Å². The van der Waals surface area contributed by atoms with Gasteiger partial charge in [-0.2, -0.15) is 0 Å². The Labute approximate surface area is 146 Å². The quantitative estimate of drug-likeness (QED) is 0.645. The van der Waals surface area contributed by atoms with Crippen LogP contribution in [0.2, 0.25) is 0 Å². The number of rotatable bonds is 5. The highest BCUT2D eigenvalue weighted by atomic mass is 15.2. The average Bonchev–Trinajstić information content (AvgIpc) is 3.29. The zero-order valence-electron chi connectivity index (χ0n) is 15.4. The molecule has 4 heteroatoms. The molecule has 1 saturated carbocycles. The van der Waals surface area contributed by atoms with Crippen molar-refractivity contribution in [1.29, 1.82) is 0 Å². The van der Waals surface area contributed by atoms with Crippen molar-refractivity contribution in [3.8, 4) is 0 Å². The molecule has 4 nitrogen and oxygen atoms in total. The Morgan fingerprint density at radius 2 is 1.83 bits per heavy atom. The molecule has 2 fully saturated rings. The van der Waals surface area contributed by atoms with Crippen LogP contribution in [0.3, 0.4) is 0 Å². The molecule has 0 aromatic heterocycles. The lowest BCUT2D eigenvalue weighted by Gasteiger charge is -2.30. The molecule has 1 saturated heterocycles. The van der Waals surface area contributed by atoms with E-state index in [0.717, 1.165) is 30.9 Å². The first-order chi connectivity index (χ1) is 11.7. The second-order valence-corrected chi connectivity index (χ2v) is 7.62. The van der Waals surface area contributed by atoms with E-state index in [1.807, 2.05) is 7.05 Å². The van der Waals surface area contributed by atoms with E-state index >= 15 is 0 Å². The lowest BCUT2D eigenvalue weighted by atomic mass is 9.98. The summed E-state index contributed by atoms with van der Waals surface area (Å²) in [5, 5.41) is 6.98. The molecule has 0 bridgehead atoms. The number of nitrogens with one attached hydrogen (secondary N) is 2. The summed E-state index contributed by atoms with van der Waals surface area (Å²) in [4.78, 5) is 6.95. The van der Waals surface area contributed by atoms with Gasteiger partial charge in [-0.25, -0.2) is 0 Å². The van der Waals surface area contributed by atoms with E-state index in [2.05, 4.69) is 58.6 Å². The third kappa shape index (κ3) is 4.73. The molecule has 2 atom stereocenters. The van der Waals surface area contributed by atoms with E-state index in [4.69, 9.17) is 0 Å². The zero-order chi connectivity index (χ0) is 16.9. The van der Waals surface area contributed by atoms with E-state index in [0.29, 0.717) is 6.04 Å². The molecule has 1 heterocycles. The molecule has 24 heavy (non-hydrogen) atoms. The molecule has 2 N–H and O–H groups in total. The van der Waals surface area contributed by atoms with Crippen LogP contribution in [-0.2, 0) is 13.1 Å². The fourth-order valence-electron chi connectivity index (χ4n) is 3.42. The smallest absolute Gasteiger partial charge is 0.191 e. The molecule has 3 rings (SSSR count). The molecule has 132 valence electrons. The fraction of sp³-hybridized carbons (Fsp3) is 0.650. The van der Waals surface area contributed by atoms with Crippen LogP contribution in [0.4, 0.5) is 0 Å². The van der Waals surface area contributed by atoms with Crippen LogP contribution in [0.5, 0.6) is 0 Å². The van der Waals surface area contributed by atoms with Gasteiger partial charge in [0, 0.05) is 26.2 Å². The van der Waals surface area contributed by atoms with Crippen molar-refractivity contribution >= 4 is 5.96 Å². The first kappa shape index (κ1) is 17.3. The van der Waals surface area contributed by atoms with Crippen LogP contribution in [0, 0.1) is 11.8 Å². The van der Waals surface area contributed by atoms with Gasteiger partial charge >= 0.3 is 0 Å². The molecule has 0 radical (unpaired) electrons. The van der Waals surface area contributed by atoms with Gasteiger partial charge in [0.15, 0.2) is 5.96 Å². The molecular formula is C20H32N4. The summed E-state index contributed by atoms with van der Waals surface area (Å²) < 4.78 is 0. The number of hydrogen-bond donors (Lipinski definition) is 2. The van der Waals surface area contributed by atoms with Crippen LogP contribution >= 0.6 is 0 Å². The zero-order valence-corrected chi connectivity index (χ0v) is 15.4. The van der Waals surface area contributed by atoms with Crippen LogP contribution in [-0.4, -0.2) is 37.0 Å². The van der Waals surface area contributed by atoms with Crippen molar-refractivity contribution in [2.24, 2.45) is 16.8 Å². The lowest BCUT2D eigenvalue weighted by molar-refractivity contribution is 0.185. The maximum atomic E-state index is 4.36. The van der Waals surface area contributed by atoms with Crippen molar-refractivity contribution in [3.05, 3.63) is 35.4 Å². The number of piperidine rings is 1. The highest BCUT2D eigenvalue weighted by molar-refractivity contribution is 5.80. The van der Waals surface area contributed by atoms with Crippen molar-refractivity contribution in [2.75, 3.05) is 20.1 Å². The Bertz CT molecular complexity index is 561. The van der Waals surface area contributed by atoms with Gasteiger partial charge in [0.05, 0.1) is 0 Å². The number of likely N-dealkylation sites (tertiary alicyclic amines) is 1. The standard InChI is InChI=1S/C20H32N4/c1-15-8-10-24(11-9-15)14-18-7-5-4-6-17(18)13-22-20(21-3)23-19-12-16(19)2/h4-7,15-16,19H,8-14H2,1-3H3,(H2,21,22,23). The van der Waals surface area contributed by atoms with Gasteiger partial charge in [0.1, 0.15) is 0 Å². The predicted molar refractivity (Wildman–Crippen MR) is 101 cm³/mol. The maximum absolute atomic E-state index is 4.36. The van der Waals surface area contributed by atoms with Gasteiger partial charge in [0.2, 0.25) is 0 Å². The third-order valence-corrected chi connectivity index (χ3v) is 5.49. The van der Waals surface area contributed by atoms with Gasteiger partial charge in [-0.3, -0.25) is 9.89 Å². The molecule has 2 unspecified atom stereocenters. The third-order valence-electron chi connectivity index (χ3n) is 5.49. The summed E-state index contributed by atoms with van der Waals surface area (Å²) in [7, 11) is 1.85. The van der Waals surface area contributed by atoms with E-state index < -0.39 is 0 Å². The van der Waals surface area contributed by atoms with Crippen LogP contribution in [0.25, 0.3) is 0 Å². The van der Waals surface area contributed by atoms with E-state index in [-0.39, 0.29) is 0 Å². The molecule has 1 aliphatic heterocycles. The summed E-state index contributed by atoms with van der Waals surface area (Å²) in [5.41, 5.74) is 2.82. The fourth-order valence-corrected chi connectivity index (χ4v) is 3.42. The molecular weight excluding hydrogens is 296 g/mol. The largest absolute Gasteiger partial charge is 0.353 e. The normalized spacial score (nSPS) is 25.5. The van der Waals surface area contributed by atoms with Crippen molar-refractivity contribution in [1.82, 2.24) is 15.5 Å². The minimum absolute atomic E-state index is 0.599. The van der Waals surface area contributed by atoms with Crippen LogP contribution in [0.15, 0.2) is 29.3 Å². The summed E-state index contributed by atoms with van der Waals surface area (Å²) in [5.74, 6) is 2.58. The first-order valence-corrected chi connectivity index (χ1v) is 9.42. The Kier molecular flexibility index (Phi) is 5.77. The highest BCUT2D eigenvalue weighted by Gasteiger charge is 2.33. The summed E-state index contributed by atoms with van der Waals surface area (Å²) in [6.45, 7) is 9.00. The van der Waals surface area contributed by atoms with E-state index in [1.165, 1.54) is 43.5 Å². The van der Waals surface area contributed by atoms with Gasteiger partial charge in [-0.05, 0) is 55.3 Å². The SMILES string of the molecule is CN=C(NCc1ccccc1CN1CCC(C)CC1)NC1CC1C. The lowest BCUT2D eigenvalue weighted by Crippen LogP contribution is -2.39. The number of aliphatic imine (C=N–C) groups is 1. The Balaban J connectivity index is 1.55. The van der Waals surface area contributed by atoms with E-state index in [9.17, 15) is 0 Å². The average molecular weight is 329 g/mol. The summed E-state index contributed by atoms with van der Waals surface area (Å²) >= 11 is 0. The van der Waals surface area contributed by atoms with Gasteiger partial charge in [-0.1, -0.05) is 38.1 Å².